The normalized spacial score (nSPS) is 51.8. The molecule has 2 aromatic rings. The van der Waals surface area contributed by atoms with Crippen LogP contribution >= 0.6 is 0 Å². The zero-order chi connectivity index (χ0) is 15.5. The third kappa shape index (κ3) is 1.12. The van der Waals surface area contributed by atoms with Gasteiger partial charge >= 0.3 is 0 Å². The zero-order valence-corrected chi connectivity index (χ0v) is 13.2. The van der Waals surface area contributed by atoms with E-state index in [9.17, 15) is 0 Å². The van der Waals surface area contributed by atoms with E-state index in [1.807, 2.05) is 0 Å². The average molecular weight is 318 g/mol. The van der Waals surface area contributed by atoms with Gasteiger partial charge in [-0.2, -0.15) is 0 Å². The summed E-state index contributed by atoms with van der Waals surface area (Å²) < 4.78 is 20.1. The summed E-state index contributed by atoms with van der Waals surface area (Å²) in [5.41, 5.74) is 2.30. The van der Waals surface area contributed by atoms with Crippen LogP contribution in [0.1, 0.15) is 17.5 Å². The van der Waals surface area contributed by atoms with E-state index in [4.69, 9.17) is 14.2 Å². The third-order valence-corrected chi connectivity index (χ3v) is 7.18. The molecule has 24 heavy (non-hydrogen) atoms. The first-order chi connectivity index (χ1) is 11.8. The fourth-order valence-corrected chi connectivity index (χ4v) is 6.60. The Morgan fingerprint density at radius 1 is 0.667 bits per heavy atom. The average Bonchev–Trinajstić information content (AvgIpc) is 3.32. The summed E-state index contributed by atoms with van der Waals surface area (Å²) in [6.45, 7) is 0. The highest BCUT2D eigenvalue weighted by molar-refractivity contribution is 5.37. The lowest BCUT2D eigenvalue weighted by molar-refractivity contribution is -0.302. The molecule has 8 atom stereocenters. The minimum Gasteiger partial charge on any atom is -0.339 e. The maximum absolute atomic E-state index is 6.83. The van der Waals surface area contributed by atoms with Gasteiger partial charge < -0.3 is 14.2 Å². The first kappa shape index (κ1) is 12.6. The van der Waals surface area contributed by atoms with Crippen molar-refractivity contribution in [1.29, 1.82) is 0 Å². The lowest BCUT2D eigenvalue weighted by Gasteiger charge is -2.32. The summed E-state index contributed by atoms with van der Waals surface area (Å²) in [6.07, 6.45) is 1.63. The molecule has 0 unspecified atom stereocenters. The molecule has 0 spiro atoms. The van der Waals surface area contributed by atoms with Crippen molar-refractivity contribution < 1.29 is 14.2 Å². The molecule has 0 amide bonds. The Morgan fingerprint density at radius 2 is 1.12 bits per heavy atom. The van der Waals surface area contributed by atoms with Gasteiger partial charge in [0.25, 0.3) is 0 Å². The van der Waals surface area contributed by atoms with Crippen LogP contribution in [0.3, 0.4) is 0 Å². The highest BCUT2D eigenvalue weighted by Gasteiger charge is 2.86. The standard InChI is InChI=1S/C21H18O3/c1-3-7-12(8-4-1)20-16-14-11-15-17(16)21(24-20,13-9-5-2-6-10-13)23-19(15)18(14)22-20/h1-10,14-19H,11H2/t14-,15+,16-,17+,18-,19-,20+,21-/m0/s1. The van der Waals surface area contributed by atoms with Crippen LogP contribution < -0.4 is 0 Å². The third-order valence-electron chi connectivity index (χ3n) is 7.18. The van der Waals surface area contributed by atoms with Crippen LogP contribution in [0.4, 0.5) is 0 Å². The molecule has 3 nitrogen and oxygen atoms in total. The van der Waals surface area contributed by atoms with Crippen molar-refractivity contribution in [1.82, 2.24) is 0 Å². The highest BCUT2D eigenvalue weighted by Crippen LogP contribution is 2.79. The molecular weight excluding hydrogens is 300 g/mol. The molecule has 2 aliphatic carbocycles. The first-order valence-electron chi connectivity index (χ1n) is 9.00. The van der Waals surface area contributed by atoms with Crippen molar-refractivity contribution in [2.45, 2.75) is 30.2 Å². The monoisotopic (exact) mass is 318 g/mol. The van der Waals surface area contributed by atoms with E-state index in [2.05, 4.69) is 60.7 Å². The van der Waals surface area contributed by atoms with Crippen molar-refractivity contribution in [3.8, 4) is 0 Å². The highest BCUT2D eigenvalue weighted by atomic mass is 16.8. The van der Waals surface area contributed by atoms with Gasteiger partial charge in [0.2, 0.25) is 11.6 Å². The summed E-state index contributed by atoms with van der Waals surface area (Å²) in [4.78, 5) is 0. The maximum atomic E-state index is 6.83. The van der Waals surface area contributed by atoms with Crippen molar-refractivity contribution >= 4 is 0 Å². The molecule has 120 valence electrons. The SMILES string of the molecule is c1ccc([C@]23O[C@H]4[C@@H]5C[C@@H]6[C@@H]4O[C@](c4ccccc4)(O2)[C@@H]6[C@@H]53)cc1. The van der Waals surface area contributed by atoms with Gasteiger partial charge in [-0.05, 0) is 18.3 Å². The van der Waals surface area contributed by atoms with E-state index in [1.54, 1.807) is 0 Å². The lowest BCUT2D eigenvalue weighted by Crippen LogP contribution is -2.34. The van der Waals surface area contributed by atoms with Crippen molar-refractivity contribution in [2.24, 2.45) is 23.7 Å². The molecule has 7 rings (SSSR count). The summed E-state index contributed by atoms with van der Waals surface area (Å²) in [5.74, 6) is 0.730. The summed E-state index contributed by atoms with van der Waals surface area (Å²) in [5, 5.41) is 0. The van der Waals surface area contributed by atoms with Gasteiger partial charge in [0.05, 0.1) is 12.2 Å². The second kappa shape index (κ2) is 3.77. The van der Waals surface area contributed by atoms with Crippen molar-refractivity contribution in [2.75, 3.05) is 0 Å². The molecule has 3 heterocycles. The van der Waals surface area contributed by atoms with Crippen LogP contribution in [-0.4, -0.2) is 12.2 Å². The summed E-state index contributed by atoms with van der Waals surface area (Å²) in [6, 6.07) is 21.0. The minimum atomic E-state index is -0.628. The second-order valence-corrected chi connectivity index (χ2v) is 7.95. The number of benzene rings is 2. The fourth-order valence-electron chi connectivity index (χ4n) is 6.60. The van der Waals surface area contributed by atoms with Crippen LogP contribution in [0.15, 0.2) is 60.7 Å². The van der Waals surface area contributed by atoms with Crippen LogP contribution in [-0.2, 0) is 25.8 Å². The fraction of sp³-hybridized carbons (Fsp3) is 0.429. The van der Waals surface area contributed by atoms with Gasteiger partial charge in [0, 0.05) is 23.0 Å². The molecule has 5 aliphatic rings. The Morgan fingerprint density at radius 3 is 1.58 bits per heavy atom. The quantitative estimate of drug-likeness (QED) is 0.849. The first-order valence-corrected chi connectivity index (χ1v) is 9.00. The van der Waals surface area contributed by atoms with Crippen molar-refractivity contribution in [3.05, 3.63) is 71.8 Å². The van der Waals surface area contributed by atoms with E-state index in [-0.39, 0.29) is 12.2 Å². The number of fused-ring (bicyclic) bond motifs is 1. The molecule has 2 bridgehead atoms. The van der Waals surface area contributed by atoms with E-state index in [0.717, 1.165) is 11.1 Å². The van der Waals surface area contributed by atoms with Gasteiger partial charge in [0.15, 0.2) is 0 Å². The molecule has 2 saturated carbocycles. The Bertz CT molecular complexity index is 763. The van der Waals surface area contributed by atoms with Crippen LogP contribution in [0, 0.1) is 23.7 Å². The van der Waals surface area contributed by atoms with E-state index in [0.29, 0.717) is 23.7 Å². The Balaban J connectivity index is 1.50. The largest absolute Gasteiger partial charge is 0.339 e. The Labute approximate surface area is 140 Å². The molecular formula is C21H18O3. The molecule has 0 radical (unpaired) electrons. The smallest absolute Gasteiger partial charge is 0.202 e. The van der Waals surface area contributed by atoms with Gasteiger partial charge in [-0.1, -0.05) is 60.7 Å². The Hall–Kier alpha value is -1.68. The summed E-state index contributed by atoms with van der Waals surface area (Å²) >= 11 is 0. The number of hydrogen-bond donors (Lipinski definition) is 0. The maximum Gasteiger partial charge on any atom is 0.202 e. The predicted molar refractivity (Wildman–Crippen MR) is 85.6 cm³/mol. The zero-order valence-electron chi connectivity index (χ0n) is 13.2. The molecule has 0 N–H and O–H groups in total. The second-order valence-electron chi connectivity index (χ2n) is 7.95. The van der Waals surface area contributed by atoms with Gasteiger partial charge in [0.1, 0.15) is 0 Å². The van der Waals surface area contributed by atoms with Gasteiger partial charge in [-0.25, -0.2) is 0 Å². The molecule has 3 heteroatoms. The number of hydrogen-bond acceptors (Lipinski definition) is 3. The van der Waals surface area contributed by atoms with Crippen molar-refractivity contribution in [3.63, 3.8) is 0 Å². The molecule has 5 fully saturated rings. The van der Waals surface area contributed by atoms with E-state index >= 15 is 0 Å². The van der Waals surface area contributed by atoms with E-state index < -0.39 is 11.6 Å². The Kier molecular flexibility index (Phi) is 1.99. The molecule has 3 aliphatic heterocycles. The van der Waals surface area contributed by atoms with Crippen LogP contribution in [0.25, 0.3) is 0 Å². The van der Waals surface area contributed by atoms with Gasteiger partial charge in [-0.15, -0.1) is 0 Å². The summed E-state index contributed by atoms with van der Waals surface area (Å²) in [7, 11) is 0. The molecule has 3 saturated heterocycles. The minimum absolute atomic E-state index is 0.199. The molecule has 2 aromatic carbocycles. The predicted octanol–water partition coefficient (Wildman–Crippen LogP) is 3.40. The molecule has 0 aromatic heterocycles. The van der Waals surface area contributed by atoms with Crippen LogP contribution in [0.5, 0.6) is 0 Å². The number of rotatable bonds is 2. The van der Waals surface area contributed by atoms with E-state index in [1.165, 1.54) is 6.42 Å². The lowest BCUT2D eigenvalue weighted by atomic mass is 9.73. The van der Waals surface area contributed by atoms with Crippen LogP contribution in [0.2, 0.25) is 0 Å². The topological polar surface area (TPSA) is 27.7 Å². The number of ether oxygens (including phenoxy) is 3. The van der Waals surface area contributed by atoms with Gasteiger partial charge in [-0.3, -0.25) is 0 Å².